The molecule has 0 amide bonds. The average molecular weight is 443 g/mol. The zero-order valence-corrected chi connectivity index (χ0v) is 16.9. The molecular formula is C16H22ClF3N4O3S. The van der Waals surface area contributed by atoms with Gasteiger partial charge >= 0.3 is 6.18 Å². The summed E-state index contributed by atoms with van der Waals surface area (Å²) in [6, 6.07) is 0. The minimum atomic E-state index is -4.29. The first-order valence-corrected chi connectivity index (χ1v) is 10.0. The van der Waals surface area contributed by atoms with E-state index in [9.17, 15) is 18.3 Å². The van der Waals surface area contributed by atoms with Gasteiger partial charge in [0, 0.05) is 11.7 Å². The quantitative estimate of drug-likeness (QED) is 0.362. The van der Waals surface area contributed by atoms with Gasteiger partial charge in [-0.05, 0) is 26.7 Å². The van der Waals surface area contributed by atoms with Crippen LogP contribution in [0.4, 0.5) is 18.9 Å². The Bertz CT molecular complexity index is 769. The lowest BCUT2D eigenvalue weighted by atomic mass is 9.86. The van der Waals surface area contributed by atoms with Crippen molar-refractivity contribution in [1.29, 1.82) is 0 Å². The first-order valence-electron chi connectivity index (χ1n) is 8.67. The van der Waals surface area contributed by atoms with Crippen LogP contribution in [-0.4, -0.2) is 45.1 Å². The van der Waals surface area contributed by atoms with Crippen molar-refractivity contribution in [1.82, 2.24) is 9.97 Å². The van der Waals surface area contributed by atoms with Crippen molar-refractivity contribution in [2.24, 2.45) is 11.7 Å². The standard InChI is InChI=1S/C16H22ClF3N4O3S/c1-13(2)26-14(4-3-8(7-25)16(14,22)27-13)10-9(21)11(17)24-12(23-10)28-6-5-15(18,19)20/h8,25H,3-7,21-22H2,1-2H3. The highest BCUT2D eigenvalue weighted by Crippen LogP contribution is 2.60. The van der Waals surface area contributed by atoms with Gasteiger partial charge in [0.1, 0.15) is 5.69 Å². The molecule has 0 spiro atoms. The predicted molar refractivity (Wildman–Crippen MR) is 97.5 cm³/mol. The minimum Gasteiger partial charge on any atom is -0.396 e. The molecule has 2 fully saturated rings. The summed E-state index contributed by atoms with van der Waals surface area (Å²) in [7, 11) is 0. The SMILES string of the molecule is CC1(C)OC2(c3nc(SCCC(F)(F)F)nc(Cl)c3N)CCC(CO)C2(N)O1. The Morgan fingerprint density at radius 3 is 2.61 bits per heavy atom. The molecule has 1 saturated heterocycles. The Hall–Kier alpha value is -0.850. The Morgan fingerprint density at radius 2 is 2.00 bits per heavy atom. The largest absolute Gasteiger partial charge is 0.396 e. The molecule has 3 atom stereocenters. The normalized spacial score (nSPS) is 31.9. The molecule has 5 N–H and O–H groups in total. The number of halogens is 4. The first-order chi connectivity index (χ1) is 12.8. The Balaban J connectivity index is 2.02. The van der Waals surface area contributed by atoms with E-state index in [0.29, 0.717) is 12.8 Å². The molecule has 2 heterocycles. The highest BCUT2D eigenvalue weighted by atomic mass is 35.5. The van der Waals surface area contributed by atoms with E-state index < -0.39 is 35.6 Å². The number of thioether (sulfide) groups is 1. The molecule has 0 radical (unpaired) electrons. The number of fused-ring (bicyclic) bond motifs is 1. The maximum absolute atomic E-state index is 12.4. The lowest BCUT2D eigenvalue weighted by molar-refractivity contribution is -0.184. The van der Waals surface area contributed by atoms with E-state index in [-0.39, 0.29) is 34.1 Å². The van der Waals surface area contributed by atoms with Crippen LogP contribution >= 0.6 is 23.4 Å². The maximum atomic E-state index is 12.4. The van der Waals surface area contributed by atoms with Crippen molar-refractivity contribution in [2.45, 2.75) is 61.6 Å². The molecule has 12 heteroatoms. The van der Waals surface area contributed by atoms with Crippen LogP contribution in [0.2, 0.25) is 5.15 Å². The minimum absolute atomic E-state index is 0.0246. The van der Waals surface area contributed by atoms with E-state index in [0.717, 1.165) is 11.8 Å². The number of hydrogen-bond acceptors (Lipinski definition) is 8. The number of nitrogen functional groups attached to an aromatic ring is 1. The molecular weight excluding hydrogens is 421 g/mol. The summed E-state index contributed by atoms with van der Waals surface area (Å²) in [6.45, 7) is 3.12. The van der Waals surface area contributed by atoms with E-state index in [2.05, 4.69) is 9.97 Å². The molecule has 1 aromatic rings. The zero-order chi connectivity index (χ0) is 21.0. The van der Waals surface area contributed by atoms with E-state index in [1.165, 1.54) is 0 Å². The fourth-order valence-electron chi connectivity index (χ4n) is 3.89. The molecule has 0 bridgehead atoms. The van der Waals surface area contributed by atoms with Crippen LogP contribution in [0.5, 0.6) is 0 Å². The second-order valence-corrected chi connectivity index (χ2v) is 8.84. The molecule has 2 aliphatic rings. The number of aliphatic hydroxyl groups is 1. The number of nitrogens with zero attached hydrogens (tertiary/aromatic N) is 2. The number of aliphatic hydroxyl groups excluding tert-OH is 1. The third kappa shape index (κ3) is 3.68. The van der Waals surface area contributed by atoms with Gasteiger partial charge in [-0.1, -0.05) is 23.4 Å². The molecule has 3 rings (SSSR count). The molecule has 1 aliphatic heterocycles. The molecule has 7 nitrogen and oxygen atoms in total. The predicted octanol–water partition coefficient (Wildman–Crippen LogP) is 2.79. The van der Waals surface area contributed by atoms with E-state index in [4.69, 9.17) is 32.5 Å². The highest BCUT2D eigenvalue weighted by molar-refractivity contribution is 7.99. The number of aromatic nitrogens is 2. The van der Waals surface area contributed by atoms with Crippen molar-refractivity contribution in [3.05, 3.63) is 10.8 Å². The van der Waals surface area contributed by atoms with Crippen molar-refractivity contribution >= 4 is 29.1 Å². The van der Waals surface area contributed by atoms with Crippen LogP contribution in [-0.2, 0) is 15.1 Å². The van der Waals surface area contributed by atoms with Gasteiger partial charge < -0.3 is 26.0 Å². The Morgan fingerprint density at radius 1 is 1.32 bits per heavy atom. The van der Waals surface area contributed by atoms with Crippen molar-refractivity contribution in [2.75, 3.05) is 18.1 Å². The fraction of sp³-hybridized carbons (Fsp3) is 0.750. The third-order valence-corrected chi connectivity index (χ3v) is 6.15. The van der Waals surface area contributed by atoms with Gasteiger partial charge in [-0.25, -0.2) is 9.97 Å². The van der Waals surface area contributed by atoms with Crippen molar-refractivity contribution < 1.29 is 27.8 Å². The third-order valence-electron chi connectivity index (χ3n) is 5.02. The number of hydrogen-bond donors (Lipinski definition) is 3. The zero-order valence-electron chi connectivity index (χ0n) is 15.3. The topological polar surface area (TPSA) is 117 Å². The van der Waals surface area contributed by atoms with Gasteiger partial charge in [0.2, 0.25) is 0 Å². The van der Waals surface area contributed by atoms with Crippen molar-refractivity contribution in [3.63, 3.8) is 0 Å². The fourth-order valence-corrected chi connectivity index (χ4v) is 4.94. The summed E-state index contributed by atoms with van der Waals surface area (Å²) in [5.41, 5.74) is 10.1. The van der Waals surface area contributed by atoms with Crippen LogP contribution in [0.25, 0.3) is 0 Å². The highest BCUT2D eigenvalue weighted by Gasteiger charge is 2.70. The summed E-state index contributed by atoms with van der Waals surface area (Å²) in [5.74, 6) is -1.80. The summed E-state index contributed by atoms with van der Waals surface area (Å²) in [4.78, 5) is 8.33. The van der Waals surface area contributed by atoms with Crippen molar-refractivity contribution in [3.8, 4) is 0 Å². The smallest absolute Gasteiger partial charge is 0.389 e. The van der Waals surface area contributed by atoms with Gasteiger partial charge in [0.05, 0.1) is 18.7 Å². The first kappa shape index (κ1) is 21.8. The van der Waals surface area contributed by atoms with Gasteiger partial charge in [-0.3, -0.25) is 0 Å². The second kappa shape index (κ2) is 7.13. The summed E-state index contributed by atoms with van der Waals surface area (Å²) < 4.78 is 49.4. The van der Waals surface area contributed by atoms with Crippen LogP contribution in [0.1, 0.15) is 38.8 Å². The monoisotopic (exact) mass is 442 g/mol. The summed E-state index contributed by atoms with van der Waals surface area (Å²) in [6.07, 6.45) is -4.45. The number of ether oxygens (including phenoxy) is 2. The van der Waals surface area contributed by atoms with E-state index >= 15 is 0 Å². The van der Waals surface area contributed by atoms with E-state index in [1.54, 1.807) is 13.8 Å². The van der Waals surface area contributed by atoms with Gasteiger partial charge in [0.15, 0.2) is 27.4 Å². The van der Waals surface area contributed by atoms with Gasteiger partial charge in [-0.15, -0.1) is 0 Å². The molecule has 1 saturated carbocycles. The van der Waals surface area contributed by atoms with E-state index in [1.807, 2.05) is 0 Å². The molecule has 1 aliphatic carbocycles. The molecule has 28 heavy (non-hydrogen) atoms. The number of alkyl halides is 3. The molecule has 3 unspecified atom stereocenters. The second-order valence-electron chi connectivity index (χ2n) is 7.42. The van der Waals surface area contributed by atoms with Crippen LogP contribution in [0, 0.1) is 5.92 Å². The number of nitrogens with two attached hydrogens (primary N) is 2. The Labute approximate surface area is 169 Å². The van der Waals surface area contributed by atoms with Crippen LogP contribution in [0.15, 0.2) is 5.16 Å². The summed E-state index contributed by atoms with van der Waals surface area (Å²) in [5, 5.41) is 9.70. The van der Waals surface area contributed by atoms with Crippen LogP contribution in [0.3, 0.4) is 0 Å². The summed E-state index contributed by atoms with van der Waals surface area (Å²) >= 11 is 6.95. The maximum Gasteiger partial charge on any atom is 0.389 e. The number of anilines is 1. The molecule has 158 valence electrons. The molecule has 0 aromatic carbocycles. The number of rotatable bonds is 5. The van der Waals surface area contributed by atoms with Crippen LogP contribution < -0.4 is 11.5 Å². The molecule has 1 aromatic heterocycles. The van der Waals surface area contributed by atoms with Gasteiger partial charge in [-0.2, -0.15) is 13.2 Å². The lowest BCUT2D eigenvalue weighted by Crippen LogP contribution is -2.58. The average Bonchev–Trinajstić information content (AvgIpc) is 2.92. The van der Waals surface area contributed by atoms with Gasteiger partial charge in [0.25, 0.3) is 0 Å². The lowest BCUT2D eigenvalue weighted by Gasteiger charge is -2.36. The Kier molecular flexibility index (Phi) is 5.57.